The monoisotopic (exact) mass is 1500 g/mol. The van der Waals surface area contributed by atoms with Gasteiger partial charge in [-0.15, -0.1) is 0 Å². The van der Waals surface area contributed by atoms with E-state index in [2.05, 4.69) is 223 Å². The fourth-order valence-electron chi connectivity index (χ4n) is 17.6. The van der Waals surface area contributed by atoms with Gasteiger partial charge in [-0.1, -0.05) is 312 Å². The molecule has 0 spiro atoms. The third kappa shape index (κ3) is 39.6. The second-order valence-electron chi connectivity index (χ2n) is 34.4. The lowest BCUT2D eigenvalue weighted by atomic mass is 9.96. The minimum absolute atomic E-state index is 0.383. The molecular weight excluding hydrogens is 1320 g/mol. The first-order chi connectivity index (χ1) is 53.3. The molecule has 0 amide bonds. The maximum atomic E-state index is 2.61. The molecule has 0 bridgehead atoms. The van der Waals surface area contributed by atoms with Gasteiger partial charge in [-0.25, -0.2) is 54.8 Å². The normalized spacial score (nSPS) is 13.7. The molecule has 12 heteroatoms. The van der Waals surface area contributed by atoms with Crippen molar-refractivity contribution in [3.63, 3.8) is 0 Å². The Hall–Kier alpha value is -4.74. The molecule has 614 valence electrons. The van der Waals surface area contributed by atoms with Gasteiger partial charge in [0.2, 0.25) is 38.0 Å². The number of aromatic nitrogens is 12. The van der Waals surface area contributed by atoms with E-state index in [0.717, 1.165) is 103 Å². The number of hydrogen-bond acceptors (Lipinski definition) is 0. The van der Waals surface area contributed by atoms with E-state index in [1.165, 1.54) is 308 Å². The number of nitrogens with zero attached hydrogens (tertiary/aromatic N) is 12. The summed E-state index contributed by atoms with van der Waals surface area (Å²) in [6, 6.07) is 2.53. The fraction of sp³-hybridized carbons (Fsp3) is 0.812. The van der Waals surface area contributed by atoms with Crippen LogP contribution in [0.25, 0.3) is 0 Å². The van der Waals surface area contributed by atoms with E-state index >= 15 is 0 Å². The van der Waals surface area contributed by atoms with Gasteiger partial charge in [0.05, 0.1) is 39.3 Å². The highest BCUT2D eigenvalue weighted by molar-refractivity contribution is 4.88. The van der Waals surface area contributed by atoms with E-state index in [9.17, 15) is 0 Å². The Morgan fingerprint density at radius 2 is 0.296 bits per heavy atom. The molecule has 0 aliphatic rings. The lowest BCUT2D eigenvalue weighted by Crippen LogP contribution is -2.34. The molecule has 6 rings (SSSR count). The second kappa shape index (κ2) is 60.9. The predicted molar refractivity (Wildman–Crippen MR) is 455 cm³/mol. The van der Waals surface area contributed by atoms with Gasteiger partial charge in [0.1, 0.15) is 111 Å². The minimum Gasteiger partial charge on any atom is -0.237 e. The van der Waals surface area contributed by atoms with Gasteiger partial charge in [0.15, 0.2) is 0 Å². The SMILES string of the molecule is CCCCCCCCCCCCCC[n+]1ccn(C(CC)CC(CC(CC)n2cc[n+](CCCCCCCCCCCCCC)c2)n2cc[n+](CCCC[n+]3ccn(C(CC(CC)n4cc[n+](CCCCCCCCCCCCCC)c4)CC(CC)n4cc[n+](CCCCCCCCCCCCCC)c4)c3)c2)c1. The van der Waals surface area contributed by atoms with Crippen LogP contribution in [-0.2, 0) is 39.3 Å². The topological polar surface area (TPSA) is 52.9 Å². The molecule has 0 aromatic carbocycles. The first kappa shape index (κ1) is 92.1. The van der Waals surface area contributed by atoms with Crippen molar-refractivity contribution in [2.45, 2.75) is 503 Å². The van der Waals surface area contributed by atoms with Crippen LogP contribution in [0.15, 0.2) is 112 Å². The van der Waals surface area contributed by atoms with Gasteiger partial charge in [-0.2, -0.15) is 0 Å². The average molecular weight is 1500 g/mol. The second-order valence-corrected chi connectivity index (χ2v) is 34.4. The van der Waals surface area contributed by atoms with Crippen LogP contribution in [0.3, 0.4) is 0 Å². The largest absolute Gasteiger partial charge is 0.243 e. The molecule has 6 heterocycles. The predicted octanol–water partition coefficient (Wildman–Crippen LogP) is 25.8. The highest BCUT2D eigenvalue weighted by atomic mass is 15.2. The summed E-state index contributed by atoms with van der Waals surface area (Å²) in [7, 11) is 0. The fourth-order valence-corrected chi connectivity index (χ4v) is 17.6. The van der Waals surface area contributed by atoms with Gasteiger partial charge < -0.3 is 0 Å². The third-order valence-electron chi connectivity index (χ3n) is 25.0. The molecule has 0 saturated heterocycles. The summed E-state index contributed by atoms with van der Waals surface area (Å²) < 4.78 is 30.4. The molecular formula is C96H176N12+6. The first-order valence-corrected chi connectivity index (χ1v) is 47.7. The van der Waals surface area contributed by atoms with E-state index in [4.69, 9.17) is 0 Å². The Balaban J connectivity index is 1.06. The molecule has 0 radical (unpaired) electrons. The standard InChI is InChI=1S/C96H176N12/c1-9-17-21-25-29-33-37-41-45-49-53-57-63-97-69-75-103(85-97)91(13-5)81-95(82-92(14-6)104-76-70-98(86-104)64-58-54-50-46-42-38-34-30-26-22-18-10-2)107-79-73-101(89-107)67-61-62-68-102-74-80-108(90-102)96(83-93(15-7)105-77-71-99(87-105)65-59-55-51-47-43-39-35-31-27-23-19-11-3)84-94(16-8)106-78-72-100(88-106)66-60-56-52-48-44-40-36-32-28-24-20-12-4/h69-80,85-96H,9-68,81-84H2,1-8H3/q+6. The Kier molecular flexibility index (Phi) is 51.9. The molecule has 0 aliphatic heterocycles. The highest BCUT2D eigenvalue weighted by Gasteiger charge is 2.32. The van der Waals surface area contributed by atoms with Gasteiger partial charge in [0.25, 0.3) is 0 Å². The Labute approximate surface area is 666 Å². The zero-order valence-corrected chi connectivity index (χ0v) is 72.5. The maximum Gasteiger partial charge on any atom is 0.243 e. The van der Waals surface area contributed by atoms with Crippen LogP contribution in [0, 0.1) is 0 Å². The zero-order chi connectivity index (χ0) is 76.4. The van der Waals surface area contributed by atoms with Crippen LogP contribution < -0.4 is 27.4 Å². The van der Waals surface area contributed by atoms with Crippen LogP contribution in [0.4, 0.5) is 0 Å². The Morgan fingerprint density at radius 1 is 0.167 bits per heavy atom. The molecule has 6 aromatic heterocycles. The smallest absolute Gasteiger partial charge is 0.237 e. The van der Waals surface area contributed by atoms with E-state index in [1.54, 1.807) is 0 Å². The Bertz CT molecular complexity index is 2620. The summed E-state index contributed by atoms with van der Waals surface area (Å²) in [5.41, 5.74) is 0. The van der Waals surface area contributed by atoms with Crippen molar-refractivity contribution in [2.75, 3.05) is 0 Å². The van der Waals surface area contributed by atoms with E-state index in [1.807, 2.05) is 0 Å². The lowest BCUT2D eigenvalue weighted by molar-refractivity contribution is -0.707. The summed E-state index contributed by atoms with van der Waals surface area (Å²) in [5.74, 6) is 0. The van der Waals surface area contributed by atoms with Crippen LogP contribution in [0.1, 0.15) is 464 Å². The van der Waals surface area contributed by atoms with E-state index in [-0.39, 0.29) is 0 Å². The summed E-state index contributed by atoms with van der Waals surface area (Å²) in [6.07, 6.45) is 122. The average Bonchev–Trinajstić information content (AvgIpc) is 1.68. The Morgan fingerprint density at radius 3 is 0.444 bits per heavy atom. The molecule has 4 atom stereocenters. The number of imidazole rings is 6. The van der Waals surface area contributed by atoms with Gasteiger partial charge in [-0.05, 0) is 89.9 Å². The van der Waals surface area contributed by atoms with Gasteiger partial charge in [0, 0.05) is 25.7 Å². The molecule has 12 nitrogen and oxygen atoms in total. The molecule has 0 fully saturated rings. The van der Waals surface area contributed by atoms with Crippen molar-refractivity contribution in [1.82, 2.24) is 27.4 Å². The number of unbranched alkanes of at least 4 members (excludes halogenated alkanes) is 45. The maximum absolute atomic E-state index is 2.61. The summed E-state index contributed by atoms with van der Waals surface area (Å²) in [4.78, 5) is 0. The molecule has 0 aliphatic carbocycles. The van der Waals surface area contributed by atoms with Crippen LogP contribution >= 0.6 is 0 Å². The van der Waals surface area contributed by atoms with Gasteiger partial charge >= 0.3 is 0 Å². The van der Waals surface area contributed by atoms with Crippen LogP contribution in [0.5, 0.6) is 0 Å². The molecule has 6 aromatic rings. The van der Waals surface area contributed by atoms with Crippen molar-refractivity contribution in [1.29, 1.82) is 0 Å². The zero-order valence-electron chi connectivity index (χ0n) is 72.5. The quantitative estimate of drug-likeness (QED) is 0.0270. The highest BCUT2D eigenvalue weighted by Crippen LogP contribution is 2.35. The van der Waals surface area contributed by atoms with Crippen molar-refractivity contribution in [3.05, 3.63) is 112 Å². The number of hydrogen-bond donors (Lipinski definition) is 0. The van der Waals surface area contributed by atoms with Crippen molar-refractivity contribution in [3.8, 4) is 0 Å². The van der Waals surface area contributed by atoms with Crippen molar-refractivity contribution >= 4 is 0 Å². The van der Waals surface area contributed by atoms with Crippen molar-refractivity contribution < 1.29 is 27.4 Å². The van der Waals surface area contributed by atoms with Crippen molar-refractivity contribution in [2.24, 2.45) is 0 Å². The lowest BCUT2D eigenvalue weighted by Gasteiger charge is -2.22. The number of rotatable bonds is 75. The van der Waals surface area contributed by atoms with E-state index in [0.29, 0.717) is 36.3 Å². The third-order valence-corrected chi connectivity index (χ3v) is 25.0. The summed E-state index contributed by atoms with van der Waals surface area (Å²) >= 11 is 0. The molecule has 108 heavy (non-hydrogen) atoms. The molecule has 4 unspecified atom stereocenters. The first-order valence-electron chi connectivity index (χ1n) is 47.7. The van der Waals surface area contributed by atoms with Crippen LogP contribution in [0.2, 0.25) is 0 Å². The van der Waals surface area contributed by atoms with Crippen LogP contribution in [-0.4, -0.2) is 27.4 Å². The minimum atomic E-state index is 0.383. The molecule has 0 saturated carbocycles. The molecule has 0 N–H and O–H groups in total. The number of aryl methyl sites for hydroxylation is 6. The summed E-state index contributed by atoms with van der Waals surface area (Å²) in [6.45, 7) is 25.5. The van der Waals surface area contributed by atoms with E-state index < -0.39 is 0 Å². The summed E-state index contributed by atoms with van der Waals surface area (Å²) in [5, 5.41) is 0. The van der Waals surface area contributed by atoms with Gasteiger partial charge in [-0.3, -0.25) is 0 Å².